The lowest BCUT2D eigenvalue weighted by atomic mass is 10.2. The van der Waals surface area contributed by atoms with Crippen molar-refractivity contribution in [3.05, 3.63) is 54.0 Å². The zero-order valence-corrected chi connectivity index (χ0v) is 12.0. The summed E-state index contributed by atoms with van der Waals surface area (Å²) in [4.78, 5) is 11.8. The predicted molar refractivity (Wildman–Crippen MR) is 74.6 cm³/mol. The Labute approximate surface area is 123 Å². The third-order valence-electron chi connectivity index (χ3n) is 3.06. The highest BCUT2D eigenvalue weighted by atomic mass is 16.5. The summed E-state index contributed by atoms with van der Waals surface area (Å²) in [5.74, 6) is 0.477. The van der Waals surface area contributed by atoms with Crippen molar-refractivity contribution in [2.45, 2.75) is 20.0 Å². The number of carbonyl (C=O) groups excluding carboxylic acids is 1. The maximum atomic E-state index is 10.9. The highest BCUT2D eigenvalue weighted by Crippen LogP contribution is 2.12. The Bertz CT molecular complexity index is 565. The van der Waals surface area contributed by atoms with Crippen LogP contribution in [0.4, 0.5) is 0 Å². The van der Waals surface area contributed by atoms with Crippen LogP contribution in [0.2, 0.25) is 0 Å². The molecule has 0 saturated carbocycles. The molecule has 1 atom stereocenters. The van der Waals surface area contributed by atoms with Crippen LogP contribution in [-0.4, -0.2) is 19.1 Å². The van der Waals surface area contributed by atoms with Crippen molar-refractivity contribution in [2.24, 2.45) is 0 Å². The van der Waals surface area contributed by atoms with E-state index in [9.17, 15) is 9.90 Å². The third kappa shape index (κ3) is 4.96. The molecule has 0 bridgehead atoms. The summed E-state index contributed by atoms with van der Waals surface area (Å²) >= 11 is 0. The van der Waals surface area contributed by atoms with Gasteiger partial charge in [-0.2, -0.15) is 0 Å². The zero-order valence-electron chi connectivity index (χ0n) is 12.0. The van der Waals surface area contributed by atoms with E-state index in [-0.39, 0.29) is 6.54 Å². The van der Waals surface area contributed by atoms with E-state index >= 15 is 0 Å². The minimum atomic E-state index is -1.07. The van der Waals surface area contributed by atoms with Gasteiger partial charge in [0, 0.05) is 5.56 Å². The molecule has 2 rings (SSSR count). The molecule has 1 aromatic carbocycles. The number of hydrogen-bond donors (Lipinski definition) is 1. The molecule has 21 heavy (non-hydrogen) atoms. The first-order chi connectivity index (χ1) is 10.2. The average Bonchev–Trinajstić information content (AvgIpc) is 2.91. The molecule has 0 saturated heterocycles. The lowest BCUT2D eigenvalue weighted by Gasteiger charge is -2.19. The summed E-state index contributed by atoms with van der Waals surface area (Å²) < 4.78 is 10.7. The van der Waals surface area contributed by atoms with Crippen LogP contribution in [0, 0.1) is 0 Å². The van der Waals surface area contributed by atoms with Crippen LogP contribution in [0.5, 0.6) is 5.75 Å². The number of quaternary nitrogens is 1. The number of carboxylic acids is 1. The third-order valence-corrected chi connectivity index (χ3v) is 3.06. The van der Waals surface area contributed by atoms with Gasteiger partial charge in [-0.25, -0.2) is 0 Å². The molecular weight excluding hydrogens is 270 g/mol. The average molecular weight is 289 g/mol. The van der Waals surface area contributed by atoms with Crippen LogP contribution < -0.4 is 14.7 Å². The van der Waals surface area contributed by atoms with Crippen molar-refractivity contribution < 1.29 is 24.0 Å². The number of benzene rings is 1. The van der Waals surface area contributed by atoms with Crippen molar-refractivity contribution in [3.63, 3.8) is 0 Å². The minimum absolute atomic E-state index is 0.0699. The van der Waals surface area contributed by atoms with Crippen LogP contribution in [0.15, 0.2) is 47.1 Å². The van der Waals surface area contributed by atoms with Gasteiger partial charge < -0.3 is 24.0 Å². The Hall–Kier alpha value is -2.27. The van der Waals surface area contributed by atoms with Gasteiger partial charge in [0.1, 0.15) is 25.4 Å². The summed E-state index contributed by atoms with van der Waals surface area (Å²) in [6.07, 6.45) is 1.59. The molecule has 0 fully saturated rings. The fourth-order valence-corrected chi connectivity index (χ4v) is 2.25. The quantitative estimate of drug-likeness (QED) is 0.743. The van der Waals surface area contributed by atoms with Crippen molar-refractivity contribution in [1.29, 1.82) is 0 Å². The van der Waals surface area contributed by atoms with Gasteiger partial charge in [0.05, 0.1) is 18.8 Å². The molecule has 0 aliphatic heterocycles. The number of carbonyl (C=O) groups is 1. The minimum Gasteiger partial charge on any atom is -0.544 e. The largest absolute Gasteiger partial charge is 0.544 e. The number of hydrogen-bond acceptors (Lipinski definition) is 4. The molecule has 112 valence electrons. The van der Waals surface area contributed by atoms with E-state index in [1.807, 2.05) is 37.3 Å². The zero-order chi connectivity index (χ0) is 15.1. The number of rotatable bonds is 8. The summed E-state index contributed by atoms with van der Waals surface area (Å²) in [6, 6.07) is 11.3. The SMILES string of the molecule is CCOc1cccc(C[NH+](CC(=O)[O-])Cc2ccco2)c1. The Morgan fingerprint density at radius 1 is 1.29 bits per heavy atom. The van der Waals surface area contributed by atoms with Gasteiger partial charge in [-0.15, -0.1) is 0 Å². The monoisotopic (exact) mass is 289 g/mol. The Kier molecular flexibility index (Phi) is 5.40. The Balaban J connectivity index is 2.06. The molecule has 1 heterocycles. The molecule has 5 nitrogen and oxygen atoms in total. The molecule has 0 spiro atoms. The maximum absolute atomic E-state index is 10.9. The summed E-state index contributed by atoms with van der Waals surface area (Å²) in [7, 11) is 0. The van der Waals surface area contributed by atoms with Gasteiger partial charge in [0.15, 0.2) is 5.76 Å². The molecule has 0 amide bonds. The number of nitrogens with one attached hydrogen (secondary N) is 1. The van der Waals surface area contributed by atoms with Crippen LogP contribution in [0.1, 0.15) is 18.2 Å². The predicted octanol–water partition coefficient (Wildman–Crippen LogP) is 0.0133. The lowest BCUT2D eigenvalue weighted by molar-refractivity contribution is -0.922. The van der Waals surface area contributed by atoms with Crippen molar-refractivity contribution >= 4 is 5.97 Å². The van der Waals surface area contributed by atoms with E-state index in [2.05, 4.69) is 0 Å². The summed E-state index contributed by atoms with van der Waals surface area (Å²) in [6.45, 7) is 3.53. The highest BCUT2D eigenvalue weighted by Gasteiger charge is 2.13. The van der Waals surface area contributed by atoms with Crippen LogP contribution in [0.25, 0.3) is 0 Å². The lowest BCUT2D eigenvalue weighted by Crippen LogP contribution is -3.10. The molecule has 1 aromatic heterocycles. The van der Waals surface area contributed by atoms with Crippen molar-refractivity contribution in [2.75, 3.05) is 13.2 Å². The van der Waals surface area contributed by atoms with Gasteiger partial charge >= 0.3 is 0 Å². The van der Waals surface area contributed by atoms with Crippen molar-refractivity contribution in [3.8, 4) is 5.75 Å². The van der Waals surface area contributed by atoms with Gasteiger partial charge in [-0.05, 0) is 31.2 Å². The number of carboxylic acid groups (broad SMARTS) is 1. The molecule has 1 N–H and O–H groups in total. The van der Waals surface area contributed by atoms with E-state index in [1.54, 1.807) is 12.3 Å². The molecule has 0 aliphatic carbocycles. The van der Waals surface area contributed by atoms with Gasteiger partial charge in [-0.1, -0.05) is 12.1 Å². The Morgan fingerprint density at radius 2 is 2.14 bits per heavy atom. The number of ether oxygens (including phenoxy) is 1. The second-order valence-corrected chi connectivity index (χ2v) is 4.81. The number of aliphatic carboxylic acids is 1. The maximum Gasteiger partial charge on any atom is 0.157 e. The summed E-state index contributed by atoms with van der Waals surface area (Å²) in [5.41, 5.74) is 1.02. The highest BCUT2D eigenvalue weighted by molar-refractivity contribution is 5.65. The standard InChI is InChI=1S/C16H19NO4/c1-2-20-14-6-3-5-13(9-14)10-17(12-16(18)19)11-15-7-4-8-21-15/h3-9H,2,10-12H2,1H3,(H,18,19). The first-order valence-electron chi connectivity index (χ1n) is 6.95. The molecule has 2 aromatic rings. The van der Waals surface area contributed by atoms with E-state index in [4.69, 9.17) is 9.15 Å². The molecular formula is C16H19NO4. The van der Waals surface area contributed by atoms with E-state index < -0.39 is 5.97 Å². The molecule has 1 unspecified atom stereocenters. The van der Waals surface area contributed by atoms with E-state index in [0.29, 0.717) is 19.7 Å². The van der Waals surface area contributed by atoms with Crippen LogP contribution in [-0.2, 0) is 17.9 Å². The van der Waals surface area contributed by atoms with Crippen molar-refractivity contribution in [1.82, 2.24) is 0 Å². The molecule has 5 heteroatoms. The normalized spacial score (nSPS) is 12.0. The number of furan rings is 1. The molecule has 0 aliphatic rings. The van der Waals surface area contributed by atoms with Gasteiger partial charge in [-0.3, -0.25) is 0 Å². The first kappa shape index (κ1) is 15.1. The molecule has 0 radical (unpaired) electrons. The van der Waals surface area contributed by atoms with E-state index in [0.717, 1.165) is 22.0 Å². The smallest absolute Gasteiger partial charge is 0.157 e. The van der Waals surface area contributed by atoms with E-state index in [1.165, 1.54) is 0 Å². The first-order valence-corrected chi connectivity index (χ1v) is 6.95. The fraction of sp³-hybridized carbons (Fsp3) is 0.312. The fourth-order valence-electron chi connectivity index (χ4n) is 2.25. The topological polar surface area (TPSA) is 66.9 Å². The van der Waals surface area contributed by atoms with Gasteiger partial charge in [0.25, 0.3) is 0 Å². The second kappa shape index (κ2) is 7.50. The van der Waals surface area contributed by atoms with Crippen LogP contribution in [0.3, 0.4) is 0 Å². The Morgan fingerprint density at radius 3 is 2.81 bits per heavy atom. The van der Waals surface area contributed by atoms with Crippen LogP contribution >= 0.6 is 0 Å². The van der Waals surface area contributed by atoms with Gasteiger partial charge in [0.2, 0.25) is 0 Å². The summed E-state index contributed by atoms with van der Waals surface area (Å²) in [5, 5.41) is 10.9. The second-order valence-electron chi connectivity index (χ2n) is 4.81.